The van der Waals surface area contributed by atoms with Crippen LogP contribution in [0.15, 0.2) is 33.5 Å². The topological polar surface area (TPSA) is 69.0 Å². The minimum Gasteiger partial charge on any atom is -0.497 e. The van der Waals surface area contributed by atoms with Gasteiger partial charge < -0.3 is 18.8 Å². The maximum Gasteiger partial charge on any atom is 0.349 e. The van der Waals surface area contributed by atoms with E-state index in [-0.39, 0.29) is 11.5 Å². The Kier molecular flexibility index (Phi) is 3.62. The third kappa shape index (κ3) is 2.62. The van der Waals surface area contributed by atoms with Gasteiger partial charge in [0.25, 0.3) is 5.91 Å². The Morgan fingerprint density at radius 3 is 2.71 bits per heavy atom. The van der Waals surface area contributed by atoms with Crippen LogP contribution in [0.3, 0.4) is 0 Å². The van der Waals surface area contributed by atoms with Gasteiger partial charge in [-0.05, 0) is 18.2 Å². The summed E-state index contributed by atoms with van der Waals surface area (Å²) in [4.78, 5) is 26.0. The minimum absolute atomic E-state index is 0.0505. The van der Waals surface area contributed by atoms with Crippen LogP contribution in [0.25, 0.3) is 11.0 Å². The number of hydrogen-bond acceptors (Lipinski definition) is 5. The van der Waals surface area contributed by atoms with E-state index < -0.39 is 5.63 Å². The second-order valence-corrected chi connectivity index (χ2v) is 4.76. The molecule has 1 aromatic carbocycles. The lowest BCUT2D eigenvalue weighted by Crippen LogP contribution is -2.42. The summed E-state index contributed by atoms with van der Waals surface area (Å²) in [5.41, 5.74) is -0.181. The van der Waals surface area contributed by atoms with Crippen molar-refractivity contribution in [3.63, 3.8) is 0 Å². The maximum atomic E-state index is 12.4. The lowest BCUT2D eigenvalue weighted by atomic mass is 10.1. The molecule has 1 aliphatic heterocycles. The monoisotopic (exact) mass is 289 g/mol. The second kappa shape index (κ2) is 5.57. The van der Waals surface area contributed by atoms with Crippen molar-refractivity contribution in [3.8, 4) is 5.75 Å². The summed E-state index contributed by atoms with van der Waals surface area (Å²) in [5.74, 6) is 0.280. The van der Waals surface area contributed by atoms with E-state index in [1.807, 2.05) is 0 Å². The number of nitrogens with zero attached hydrogens (tertiary/aromatic N) is 1. The summed E-state index contributed by atoms with van der Waals surface area (Å²) in [6.45, 7) is 1.95. The van der Waals surface area contributed by atoms with Gasteiger partial charge in [0.1, 0.15) is 16.9 Å². The van der Waals surface area contributed by atoms with Gasteiger partial charge in [0.15, 0.2) is 0 Å². The van der Waals surface area contributed by atoms with E-state index in [9.17, 15) is 9.59 Å². The molecule has 0 saturated carbocycles. The number of benzene rings is 1. The van der Waals surface area contributed by atoms with Gasteiger partial charge in [0, 0.05) is 24.5 Å². The molecule has 1 amide bonds. The van der Waals surface area contributed by atoms with Gasteiger partial charge >= 0.3 is 5.63 Å². The highest BCUT2D eigenvalue weighted by molar-refractivity contribution is 5.96. The zero-order chi connectivity index (χ0) is 14.8. The van der Waals surface area contributed by atoms with Gasteiger partial charge in [0.2, 0.25) is 0 Å². The van der Waals surface area contributed by atoms with Crippen molar-refractivity contribution in [1.82, 2.24) is 4.90 Å². The number of rotatable bonds is 2. The molecule has 0 bridgehead atoms. The average molecular weight is 289 g/mol. The van der Waals surface area contributed by atoms with E-state index in [0.29, 0.717) is 43.0 Å². The summed E-state index contributed by atoms with van der Waals surface area (Å²) in [6, 6.07) is 6.71. The van der Waals surface area contributed by atoms with Crippen LogP contribution in [0.4, 0.5) is 0 Å². The van der Waals surface area contributed by atoms with Gasteiger partial charge in [-0.25, -0.2) is 4.79 Å². The first-order valence-electron chi connectivity index (χ1n) is 6.68. The predicted molar refractivity (Wildman–Crippen MR) is 75.8 cm³/mol. The van der Waals surface area contributed by atoms with Gasteiger partial charge in [-0.15, -0.1) is 0 Å². The molecule has 0 atom stereocenters. The van der Waals surface area contributed by atoms with E-state index in [1.165, 1.54) is 7.11 Å². The zero-order valence-corrected chi connectivity index (χ0v) is 11.6. The molecule has 2 heterocycles. The molecule has 1 aromatic heterocycles. The van der Waals surface area contributed by atoms with Crippen molar-refractivity contribution in [3.05, 3.63) is 40.2 Å². The highest BCUT2D eigenvalue weighted by Gasteiger charge is 2.22. The summed E-state index contributed by atoms with van der Waals surface area (Å²) in [7, 11) is 1.54. The van der Waals surface area contributed by atoms with Crippen LogP contribution in [0, 0.1) is 0 Å². The van der Waals surface area contributed by atoms with Crippen LogP contribution in [-0.4, -0.2) is 44.2 Å². The van der Waals surface area contributed by atoms with Crippen molar-refractivity contribution >= 4 is 16.9 Å². The van der Waals surface area contributed by atoms with Crippen molar-refractivity contribution < 1.29 is 18.7 Å². The van der Waals surface area contributed by atoms with Gasteiger partial charge in [-0.1, -0.05) is 0 Å². The molecule has 1 fully saturated rings. The molecule has 0 aliphatic carbocycles. The van der Waals surface area contributed by atoms with Crippen LogP contribution < -0.4 is 10.4 Å². The first-order valence-corrected chi connectivity index (χ1v) is 6.68. The number of amides is 1. The summed E-state index contributed by atoms with van der Waals surface area (Å²) >= 11 is 0. The molecule has 0 N–H and O–H groups in total. The third-order valence-electron chi connectivity index (χ3n) is 3.47. The number of methoxy groups -OCH3 is 1. The molecule has 0 spiro atoms. The zero-order valence-electron chi connectivity index (χ0n) is 11.6. The first-order chi connectivity index (χ1) is 10.2. The summed E-state index contributed by atoms with van der Waals surface area (Å²) < 4.78 is 15.5. The Bertz CT molecular complexity index is 730. The van der Waals surface area contributed by atoms with E-state index in [4.69, 9.17) is 13.9 Å². The molecule has 0 radical (unpaired) electrons. The Balaban J connectivity index is 2.00. The van der Waals surface area contributed by atoms with Crippen molar-refractivity contribution in [1.29, 1.82) is 0 Å². The Hall–Kier alpha value is -2.34. The lowest BCUT2D eigenvalue weighted by Gasteiger charge is -2.26. The van der Waals surface area contributed by atoms with E-state index in [2.05, 4.69) is 0 Å². The SMILES string of the molecule is COc1ccc2cc(C(=O)N3CCOCC3)c(=O)oc2c1. The molecule has 1 aliphatic rings. The predicted octanol–water partition coefficient (Wildman–Crippen LogP) is 1.27. The fourth-order valence-electron chi connectivity index (χ4n) is 2.30. The molecule has 110 valence electrons. The number of carbonyl (C=O) groups is 1. The first kappa shape index (κ1) is 13.6. The molecule has 21 heavy (non-hydrogen) atoms. The number of morpholine rings is 1. The number of ether oxygens (including phenoxy) is 2. The van der Waals surface area contributed by atoms with Crippen LogP contribution in [0.1, 0.15) is 10.4 Å². The Morgan fingerprint density at radius 1 is 1.24 bits per heavy atom. The molecule has 2 aromatic rings. The highest BCUT2D eigenvalue weighted by atomic mass is 16.5. The van der Waals surface area contributed by atoms with E-state index >= 15 is 0 Å². The number of fused-ring (bicyclic) bond motifs is 1. The third-order valence-corrected chi connectivity index (χ3v) is 3.47. The van der Waals surface area contributed by atoms with Gasteiger partial charge in [-0.3, -0.25) is 4.79 Å². The number of carbonyl (C=O) groups excluding carboxylic acids is 1. The highest BCUT2D eigenvalue weighted by Crippen LogP contribution is 2.20. The molecule has 0 unspecified atom stereocenters. The average Bonchev–Trinajstić information content (AvgIpc) is 2.53. The second-order valence-electron chi connectivity index (χ2n) is 4.76. The smallest absolute Gasteiger partial charge is 0.349 e. The fourth-order valence-corrected chi connectivity index (χ4v) is 2.30. The van der Waals surface area contributed by atoms with Gasteiger partial charge in [0.05, 0.1) is 20.3 Å². The van der Waals surface area contributed by atoms with Crippen LogP contribution in [-0.2, 0) is 4.74 Å². The molecule has 6 heteroatoms. The number of hydrogen-bond donors (Lipinski definition) is 0. The molecule has 6 nitrogen and oxygen atoms in total. The normalized spacial score (nSPS) is 15.2. The molecular weight excluding hydrogens is 274 g/mol. The van der Waals surface area contributed by atoms with Crippen molar-refractivity contribution in [2.24, 2.45) is 0 Å². The Labute approximate surface area is 120 Å². The van der Waals surface area contributed by atoms with Crippen LogP contribution >= 0.6 is 0 Å². The van der Waals surface area contributed by atoms with Crippen molar-refractivity contribution in [2.45, 2.75) is 0 Å². The molecular formula is C15H15NO5. The summed E-state index contributed by atoms with van der Waals surface area (Å²) in [6.07, 6.45) is 0. The lowest BCUT2D eigenvalue weighted by molar-refractivity contribution is 0.0300. The minimum atomic E-state index is -0.632. The Morgan fingerprint density at radius 2 is 2.00 bits per heavy atom. The van der Waals surface area contributed by atoms with Crippen LogP contribution in [0.5, 0.6) is 5.75 Å². The fraction of sp³-hybridized carbons (Fsp3) is 0.333. The maximum absolute atomic E-state index is 12.4. The molecule has 3 rings (SSSR count). The largest absolute Gasteiger partial charge is 0.497 e. The van der Waals surface area contributed by atoms with Crippen LogP contribution in [0.2, 0.25) is 0 Å². The van der Waals surface area contributed by atoms with Gasteiger partial charge in [-0.2, -0.15) is 0 Å². The molecule has 1 saturated heterocycles. The van der Waals surface area contributed by atoms with E-state index in [1.54, 1.807) is 29.2 Å². The van der Waals surface area contributed by atoms with E-state index in [0.717, 1.165) is 0 Å². The standard InChI is InChI=1S/C15H15NO5/c1-19-11-3-2-10-8-12(15(18)21-13(10)9-11)14(17)16-4-6-20-7-5-16/h2-3,8-9H,4-7H2,1H3. The quantitative estimate of drug-likeness (QED) is 0.779. The van der Waals surface area contributed by atoms with Crippen molar-refractivity contribution in [2.75, 3.05) is 33.4 Å². The summed E-state index contributed by atoms with van der Waals surface area (Å²) in [5, 5.41) is 0.687.